The van der Waals surface area contributed by atoms with Gasteiger partial charge < -0.3 is 5.32 Å². The van der Waals surface area contributed by atoms with E-state index >= 15 is 0 Å². The van der Waals surface area contributed by atoms with Gasteiger partial charge in [-0.05, 0) is 49.4 Å². The summed E-state index contributed by atoms with van der Waals surface area (Å²) in [6, 6.07) is 11.7. The summed E-state index contributed by atoms with van der Waals surface area (Å²) in [6.45, 7) is 0. The number of carbonyl (C=O) groups excluding carboxylic acids is 1. The molecule has 3 heteroatoms. The molecule has 0 radical (unpaired) electrons. The summed E-state index contributed by atoms with van der Waals surface area (Å²) in [4.78, 5) is 14.4. The molecule has 0 atom stereocenters. The third-order valence-corrected chi connectivity index (χ3v) is 4.49. The molecule has 1 aliphatic rings. The smallest absolute Gasteiger partial charge is 0.265 e. The quantitative estimate of drug-likeness (QED) is 0.869. The molecule has 1 aromatic heterocycles. The van der Waals surface area contributed by atoms with Gasteiger partial charge in [-0.15, -0.1) is 11.3 Å². The lowest BCUT2D eigenvalue weighted by atomic mass is 9.99. The molecule has 0 aliphatic heterocycles. The Kier molecular flexibility index (Phi) is 3.15. The van der Waals surface area contributed by atoms with E-state index in [1.807, 2.05) is 30.3 Å². The zero-order chi connectivity index (χ0) is 12.4. The number of rotatable bonds is 2. The van der Waals surface area contributed by atoms with Gasteiger partial charge in [-0.3, -0.25) is 4.79 Å². The summed E-state index contributed by atoms with van der Waals surface area (Å²) in [6.07, 6.45) is 4.78. The van der Waals surface area contributed by atoms with Crippen LogP contribution < -0.4 is 5.32 Å². The number of anilines is 1. The van der Waals surface area contributed by atoms with Gasteiger partial charge in [0, 0.05) is 10.6 Å². The highest BCUT2D eigenvalue weighted by atomic mass is 32.1. The lowest BCUT2D eigenvalue weighted by molar-refractivity contribution is 0.103. The van der Waals surface area contributed by atoms with Gasteiger partial charge in [0.05, 0.1) is 4.88 Å². The molecular weight excluding hydrogens is 242 g/mol. The molecule has 1 heterocycles. The Morgan fingerprint density at radius 3 is 2.67 bits per heavy atom. The van der Waals surface area contributed by atoms with E-state index in [0.29, 0.717) is 0 Å². The average molecular weight is 257 g/mol. The first kappa shape index (κ1) is 11.5. The fourth-order valence-electron chi connectivity index (χ4n) is 2.32. The largest absolute Gasteiger partial charge is 0.321 e. The van der Waals surface area contributed by atoms with Crippen molar-refractivity contribution < 1.29 is 4.79 Å². The fraction of sp³-hybridized carbons (Fsp3) is 0.267. The highest BCUT2D eigenvalue weighted by Crippen LogP contribution is 2.30. The number of carbonyl (C=O) groups is 1. The SMILES string of the molecule is O=C(Nc1ccccc1)c1cc2c(s1)CCCC2. The van der Waals surface area contributed by atoms with Crippen molar-refractivity contribution in [3.8, 4) is 0 Å². The van der Waals surface area contributed by atoms with E-state index in [1.54, 1.807) is 11.3 Å². The number of aryl methyl sites for hydroxylation is 2. The van der Waals surface area contributed by atoms with Gasteiger partial charge in [0.1, 0.15) is 0 Å². The number of amides is 1. The summed E-state index contributed by atoms with van der Waals surface area (Å²) in [5, 5.41) is 2.94. The Morgan fingerprint density at radius 1 is 1.11 bits per heavy atom. The number of hydrogen-bond donors (Lipinski definition) is 1. The van der Waals surface area contributed by atoms with Gasteiger partial charge in [0.25, 0.3) is 5.91 Å². The summed E-state index contributed by atoms with van der Waals surface area (Å²) in [5.74, 6) is 0.0144. The Hall–Kier alpha value is -1.61. The Bertz CT molecular complexity index is 536. The maximum atomic E-state index is 12.1. The van der Waals surface area contributed by atoms with E-state index in [0.717, 1.165) is 23.4 Å². The average Bonchev–Trinajstić information content (AvgIpc) is 2.84. The highest BCUT2D eigenvalue weighted by Gasteiger charge is 2.17. The van der Waals surface area contributed by atoms with Crippen molar-refractivity contribution in [2.75, 3.05) is 5.32 Å². The van der Waals surface area contributed by atoms with E-state index in [4.69, 9.17) is 0 Å². The Balaban J connectivity index is 1.78. The normalized spacial score (nSPS) is 14.0. The monoisotopic (exact) mass is 257 g/mol. The van der Waals surface area contributed by atoms with Crippen molar-refractivity contribution in [1.82, 2.24) is 0 Å². The maximum Gasteiger partial charge on any atom is 0.265 e. The van der Waals surface area contributed by atoms with Gasteiger partial charge in [0.2, 0.25) is 0 Å². The zero-order valence-corrected chi connectivity index (χ0v) is 10.9. The van der Waals surface area contributed by atoms with Crippen molar-refractivity contribution in [2.45, 2.75) is 25.7 Å². The predicted octanol–water partition coefficient (Wildman–Crippen LogP) is 3.88. The number of hydrogen-bond acceptors (Lipinski definition) is 2. The molecule has 18 heavy (non-hydrogen) atoms. The highest BCUT2D eigenvalue weighted by molar-refractivity contribution is 7.14. The molecule has 0 spiro atoms. The van der Waals surface area contributed by atoms with Crippen LogP contribution in [0.3, 0.4) is 0 Å². The van der Waals surface area contributed by atoms with Gasteiger partial charge in [0.15, 0.2) is 0 Å². The van der Waals surface area contributed by atoms with Crippen LogP contribution in [0, 0.1) is 0 Å². The summed E-state index contributed by atoms with van der Waals surface area (Å²) >= 11 is 1.65. The lowest BCUT2D eigenvalue weighted by Crippen LogP contribution is -2.09. The molecule has 0 fully saturated rings. The lowest BCUT2D eigenvalue weighted by Gasteiger charge is -2.08. The molecule has 1 N–H and O–H groups in total. The van der Waals surface area contributed by atoms with Crippen LogP contribution in [0.2, 0.25) is 0 Å². The molecule has 1 aromatic carbocycles. The summed E-state index contributed by atoms with van der Waals surface area (Å²) in [5.41, 5.74) is 2.23. The minimum atomic E-state index is 0.0144. The van der Waals surface area contributed by atoms with Gasteiger partial charge in [-0.1, -0.05) is 18.2 Å². The third kappa shape index (κ3) is 2.31. The predicted molar refractivity (Wildman–Crippen MR) is 75.4 cm³/mol. The van der Waals surface area contributed by atoms with Crippen LogP contribution in [0.15, 0.2) is 36.4 Å². The second-order valence-electron chi connectivity index (χ2n) is 4.59. The topological polar surface area (TPSA) is 29.1 Å². The molecule has 0 saturated heterocycles. The van der Waals surface area contributed by atoms with Crippen LogP contribution in [-0.2, 0) is 12.8 Å². The van der Waals surface area contributed by atoms with Crippen LogP contribution >= 0.6 is 11.3 Å². The summed E-state index contributed by atoms with van der Waals surface area (Å²) < 4.78 is 0. The molecule has 1 aliphatic carbocycles. The Labute approximate surface area is 111 Å². The third-order valence-electron chi connectivity index (χ3n) is 3.25. The number of thiophene rings is 1. The van der Waals surface area contributed by atoms with Gasteiger partial charge in [-0.2, -0.15) is 0 Å². The minimum Gasteiger partial charge on any atom is -0.321 e. The molecule has 0 bridgehead atoms. The molecule has 0 saturated carbocycles. The van der Waals surface area contributed by atoms with Gasteiger partial charge >= 0.3 is 0 Å². The number of fused-ring (bicyclic) bond motifs is 1. The maximum absolute atomic E-state index is 12.1. The van der Waals surface area contributed by atoms with Crippen LogP contribution in [-0.4, -0.2) is 5.91 Å². The molecule has 92 valence electrons. The molecule has 2 nitrogen and oxygen atoms in total. The van der Waals surface area contributed by atoms with E-state index in [-0.39, 0.29) is 5.91 Å². The van der Waals surface area contributed by atoms with E-state index in [1.165, 1.54) is 23.3 Å². The fourth-order valence-corrected chi connectivity index (χ4v) is 3.47. The van der Waals surface area contributed by atoms with Crippen molar-refractivity contribution in [3.05, 3.63) is 51.7 Å². The van der Waals surface area contributed by atoms with Crippen LogP contribution in [0.1, 0.15) is 33.0 Å². The summed E-state index contributed by atoms with van der Waals surface area (Å²) in [7, 11) is 0. The molecule has 3 rings (SSSR count). The number of para-hydroxylation sites is 1. The Morgan fingerprint density at radius 2 is 1.89 bits per heavy atom. The van der Waals surface area contributed by atoms with E-state index < -0.39 is 0 Å². The van der Waals surface area contributed by atoms with E-state index in [9.17, 15) is 4.79 Å². The van der Waals surface area contributed by atoms with Crippen LogP contribution in [0.25, 0.3) is 0 Å². The molecule has 1 amide bonds. The first-order chi connectivity index (χ1) is 8.83. The van der Waals surface area contributed by atoms with Crippen molar-refractivity contribution in [1.29, 1.82) is 0 Å². The van der Waals surface area contributed by atoms with Crippen LogP contribution in [0.5, 0.6) is 0 Å². The minimum absolute atomic E-state index is 0.0144. The van der Waals surface area contributed by atoms with Crippen molar-refractivity contribution >= 4 is 22.9 Å². The second kappa shape index (κ2) is 4.94. The molecule has 0 unspecified atom stereocenters. The first-order valence-electron chi connectivity index (χ1n) is 6.31. The van der Waals surface area contributed by atoms with Crippen molar-refractivity contribution in [3.63, 3.8) is 0 Å². The second-order valence-corrected chi connectivity index (χ2v) is 5.72. The van der Waals surface area contributed by atoms with Crippen molar-refractivity contribution in [2.24, 2.45) is 0 Å². The number of benzene rings is 1. The van der Waals surface area contributed by atoms with E-state index in [2.05, 4.69) is 11.4 Å². The number of nitrogens with one attached hydrogen (secondary N) is 1. The van der Waals surface area contributed by atoms with Crippen LogP contribution in [0.4, 0.5) is 5.69 Å². The van der Waals surface area contributed by atoms with Gasteiger partial charge in [-0.25, -0.2) is 0 Å². The standard InChI is InChI=1S/C15H15NOS/c17-15(16-12-7-2-1-3-8-12)14-10-11-6-4-5-9-13(11)18-14/h1-3,7-8,10H,4-6,9H2,(H,16,17). The molecular formula is C15H15NOS. The first-order valence-corrected chi connectivity index (χ1v) is 7.12. The molecule has 2 aromatic rings. The zero-order valence-electron chi connectivity index (χ0n) is 10.1.